The predicted molar refractivity (Wildman–Crippen MR) is 70.2 cm³/mol. The quantitative estimate of drug-likeness (QED) is 0.835. The van der Waals surface area contributed by atoms with Crippen LogP contribution < -0.4 is 5.73 Å². The van der Waals surface area contributed by atoms with Crippen LogP contribution in [0.3, 0.4) is 0 Å². The zero-order valence-corrected chi connectivity index (χ0v) is 10.7. The first-order valence-corrected chi connectivity index (χ1v) is 5.67. The predicted octanol–water partition coefficient (Wildman–Crippen LogP) is 1.96. The number of rotatable bonds is 1. The van der Waals surface area contributed by atoms with E-state index in [2.05, 4.69) is 11.9 Å². The lowest BCUT2D eigenvalue weighted by Crippen LogP contribution is -2.39. The van der Waals surface area contributed by atoms with Crippen LogP contribution in [0.5, 0.6) is 0 Å². The summed E-state index contributed by atoms with van der Waals surface area (Å²) >= 11 is 0. The Morgan fingerprint density at radius 1 is 1.59 bits per heavy atom. The molecule has 4 nitrogen and oxygen atoms in total. The normalized spacial score (nSPS) is 19.6. The van der Waals surface area contributed by atoms with Crippen molar-refractivity contribution in [3.05, 3.63) is 24.0 Å². The molecule has 1 aromatic heterocycles. The number of likely N-dealkylation sites (tertiary alicyclic amines) is 1. The van der Waals surface area contributed by atoms with Gasteiger partial charge < -0.3 is 10.6 Å². The molecule has 1 fully saturated rings. The monoisotopic (exact) mass is 255 g/mol. The lowest BCUT2D eigenvalue weighted by atomic mass is 9.99. The summed E-state index contributed by atoms with van der Waals surface area (Å²) in [4.78, 5) is 18.0. The molecule has 1 aliphatic rings. The minimum Gasteiger partial charge on any atom is -0.398 e. The van der Waals surface area contributed by atoms with Gasteiger partial charge in [-0.3, -0.25) is 9.78 Å². The van der Waals surface area contributed by atoms with E-state index in [1.807, 2.05) is 4.90 Å². The van der Waals surface area contributed by atoms with Crippen LogP contribution in [0.1, 0.15) is 30.1 Å². The minimum atomic E-state index is 0. The number of amides is 1. The smallest absolute Gasteiger partial charge is 0.257 e. The van der Waals surface area contributed by atoms with Gasteiger partial charge in [-0.25, -0.2) is 0 Å². The third-order valence-corrected chi connectivity index (χ3v) is 3.03. The van der Waals surface area contributed by atoms with Gasteiger partial charge in [0.15, 0.2) is 0 Å². The number of halogens is 1. The third kappa shape index (κ3) is 3.09. The first-order valence-electron chi connectivity index (χ1n) is 5.67. The average molecular weight is 256 g/mol. The van der Waals surface area contributed by atoms with Gasteiger partial charge in [0.2, 0.25) is 0 Å². The second kappa shape index (κ2) is 5.87. The van der Waals surface area contributed by atoms with Crippen molar-refractivity contribution in [1.29, 1.82) is 0 Å². The van der Waals surface area contributed by atoms with Crippen LogP contribution in [0.15, 0.2) is 18.5 Å². The van der Waals surface area contributed by atoms with Crippen molar-refractivity contribution in [3.63, 3.8) is 0 Å². The van der Waals surface area contributed by atoms with Crippen LogP contribution in [0.4, 0.5) is 5.69 Å². The van der Waals surface area contributed by atoms with E-state index in [1.165, 1.54) is 6.42 Å². The average Bonchev–Trinajstić information content (AvgIpc) is 2.29. The Morgan fingerprint density at radius 3 is 3.00 bits per heavy atom. The minimum absolute atomic E-state index is 0. The number of nitrogen functional groups attached to an aromatic ring is 1. The highest BCUT2D eigenvalue weighted by atomic mass is 35.5. The summed E-state index contributed by atoms with van der Waals surface area (Å²) in [7, 11) is 0. The van der Waals surface area contributed by atoms with Crippen molar-refractivity contribution in [2.45, 2.75) is 19.8 Å². The molecule has 1 aliphatic heterocycles. The van der Waals surface area contributed by atoms with Crippen molar-refractivity contribution in [2.24, 2.45) is 5.92 Å². The molecule has 1 unspecified atom stereocenters. The van der Waals surface area contributed by atoms with Crippen LogP contribution in [-0.4, -0.2) is 28.9 Å². The molecule has 0 radical (unpaired) electrons. The lowest BCUT2D eigenvalue weighted by Gasteiger charge is -2.31. The van der Waals surface area contributed by atoms with Crippen LogP contribution in [0.25, 0.3) is 0 Å². The van der Waals surface area contributed by atoms with Crippen LogP contribution in [-0.2, 0) is 0 Å². The molecule has 0 bridgehead atoms. The molecule has 1 atom stereocenters. The number of carbonyl (C=O) groups excluding carboxylic acids is 1. The van der Waals surface area contributed by atoms with Crippen molar-refractivity contribution in [1.82, 2.24) is 9.88 Å². The number of nitrogens with zero attached hydrogens (tertiary/aromatic N) is 2. The van der Waals surface area contributed by atoms with Gasteiger partial charge in [-0.1, -0.05) is 6.92 Å². The third-order valence-electron chi connectivity index (χ3n) is 3.03. The molecule has 94 valence electrons. The van der Waals surface area contributed by atoms with Crippen molar-refractivity contribution in [2.75, 3.05) is 18.8 Å². The van der Waals surface area contributed by atoms with Crippen LogP contribution in [0, 0.1) is 5.92 Å². The lowest BCUT2D eigenvalue weighted by molar-refractivity contribution is 0.0683. The Balaban J connectivity index is 0.00000144. The van der Waals surface area contributed by atoms with Gasteiger partial charge in [0.1, 0.15) is 0 Å². The molecule has 17 heavy (non-hydrogen) atoms. The number of anilines is 1. The standard InChI is InChI=1S/C12H17N3O.ClH/c1-9-3-2-6-15(8-9)12(16)10-7-14-5-4-11(10)13;/h4-5,7,9H,2-3,6,8H2,1H3,(H2,13,14);1H. The summed E-state index contributed by atoms with van der Waals surface area (Å²) in [5.74, 6) is 0.591. The molecule has 1 aromatic rings. The fourth-order valence-electron chi connectivity index (χ4n) is 2.13. The summed E-state index contributed by atoms with van der Waals surface area (Å²) in [6.45, 7) is 3.83. The SMILES string of the molecule is CC1CCCN(C(=O)c2cnccc2N)C1.Cl. The number of pyridine rings is 1. The van der Waals surface area contributed by atoms with Crippen LogP contribution in [0.2, 0.25) is 0 Å². The Kier molecular flexibility index (Phi) is 4.75. The molecule has 2 rings (SSSR count). The van der Waals surface area contributed by atoms with E-state index in [0.717, 1.165) is 19.5 Å². The van der Waals surface area contributed by atoms with Crippen molar-refractivity contribution < 1.29 is 4.79 Å². The highest BCUT2D eigenvalue weighted by Gasteiger charge is 2.23. The van der Waals surface area contributed by atoms with E-state index in [1.54, 1.807) is 18.5 Å². The summed E-state index contributed by atoms with van der Waals surface area (Å²) in [5, 5.41) is 0. The van der Waals surface area contributed by atoms with Crippen LogP contribution >= 0.6 is 12.4 Å². The van der Waals surface area contributed by atoms with Gasteiger partial charge in [0.25, 0.3) is 5.91 Å². The van der Waals surface area contributed by atoms with Crippen molar-refractivity contribution in [3.8, 4) is 0 Å². The van der Waals surface area contributed by atoms with Crippen molar-refractivity contribution >= 4 is 24.0 Å². The molecule has 0 saturated carbocycles. The first-order chi connectivity index (χ1) is 7.68. The number of aromatic nitrogens is 1. The van der Waals surface area contributed by atoms with E-state index in [9.17, 15) is 4.79 Å². The molecular weight excluding hydrogens is 238 g/mol. The Labute approximate surface area is 108 Å². The van der Waals surface area contributed by atoms with E-state index < -0.39 is 0 Å². The molecule has 0 aliphatic carbocycles. The van der Waals surface area contributed by atoms with Gasteiger partial charge in [-0.2, -0.15) is 0 Å². The number of nitrogens with two attached hydrogens (primary N) is 1. The maximum absolute atomic E-state index is 12.2. The van der Waals surface area contributed by atoms with E-state index in [4.69, 9.17) is 5.73 Å². The van der Waals surface area contributed by atoms with Gasteiger partial charge in [0.05, 0.1) is 5.56 Å². The van der Waals surface area contributed by atoms with Gasteiger partial charge in [-0.05, 0) is 24.8 Å². The van der Waals surface area contributed by atoms with E-state index in [0.29, 0.717) is 17.2 Å². The molecule has 2 heterocycles. The Morgan fingerprint density at radius 2 is 2.35 bits per heavy atom. The number of piperidine rings is 1. The molecule has 1 amide bonds. The highest BCUT2D eigenvalue weighted by Crippen LogP contribution is 2.19. The molecule has 1 saturated heterocycles. The first kappa shape index (κ1) is 13.8. The number of hydrogen-bond acceptors (Lipinski definition) is 3. The zero-order valence-electron chi connectivity index (χ0n) is 9.93. The van der Waals surface area contributed by atoms with E-state index >= 15 is 0 Å². The maximum atomic E-state index is 12.2. The second-order valence-electron chi connectivity index (χ2n) is 4.46. The highest BCUT2D eigenvalue weighted by molar-refractivity contribution is 5.98. The molecular formula is C12H18ClN3O. The van der Waals surface area contributed by atoms with Gasteiger partial charge >= 0.3 is 0 Å². The van der Waals surface area contributed by atoms with Gasteiger partial charge in [-0.15, -0.1) is 12.4 Å². The van der Waals surface area contributed by atoms with E-state index in [-0.39, 0.29) is 18.3 Å². The second-order valence-corrected chi connectivity index (χ2v) is 4.46. The molecule has 2 N–H and O–H groups in total. The maximum Gasteiger partial charge on any atom is 0.257 e. The Bertz CT molecular complexity index is 397. The summed E-state index contributed by atoms with van der Waals surface area (Å²) < 4.78 is 0. The number of hydrogen-bond donors (Lipinski definition) is 1. The molecule has 5 heteroatoms. The van der Waals surface area contributed by atoms with Gasteiger partial charge in [0, 0.05) is 31.2 Å². The topological polar surface area (TPSA) is 59.2 Å². The fourth-order valence-corrected chi connectivity index (χ4v) is 2.13. The number of carbonyl (C=O) groups is 1. The Hall–Kier alpha value is -1.29. The largest absolute Gasteiger partial charge is 0.398 e. The zero-order chi connectivity index (χ0) is 11.5. The molecule has 0 aromatic carbocycles. The summed E-state index contributed by atoms with van der Waals surface area (Å²) in [6, 6.07) is 1.67. The fraction of sp³-hybridized carbons (Fsp3) is 0.500. The molecule has 0 spiro atoms. The summed E-state index contributed by atoms with van der Waals surface area (Å²) in [5.41, 5.74) is 6.81. The summed E-state index contributed by atoms with van der Waals surface area (Å²) in [6.07, 6.45) is 5.43.